The molecule has 0 spiro atoms. The molecule has 0 saturated heterocycles. The van der Waals surface area contributed by atoms with Crippen LogP contribution < -0.4 is 5.32 Å². The minimum atomic E-state index is -0.987. The van der Waals surface area contributed by atoms with Crippen molar-refractivity contribution < 1.29 is 18.1 Å². The SMILES string of the molecule is O=[N+]([O-])c1ccc(NCc2ccc(F)cc2F)cc1F. The maximum absolute atomic E-state index is 13.4. The lowest BCUT2D eigenvalue weighted by Crippen LogP contribution is -2.03. The highest BCUT2D eigenvalue weighted by molar-refractivity contribution is 5.49. The Hall–Kier alpha value is -2.57. The van der Waals surface area contributed by atoms with Crippen LogP contribution in [0, 0.1) is 27.6 Å². The topological polar surface area (TPSA) is 55.2 Å². The van der Waals surface area contributed by atoms with Gasteiger partial charge in [0, 0.05) is 36.0 Å². The Morgan fingerprint density at radius 1 is 1.05 bits per heavy atom. The fourth-order valence-electron chi connectivity index (χ4n) is 1.63. The zero-order valence-electron chi connectivity index (χ0n) is 10.1. The van der Waals surface area contributed by atoms with Gasteiger partial charge >= 0.3 is 5.69 Å². The Morgan fingerprint density at radius 3 is 2.40 bits per heavy atom. The number of anilines is 1. The molecule has 0 radical (unpaired) electrons. The van der Waals surface area contributed by atoms with Gasteiger partial charge in [-0.2, -0.15) is 4.39 Å². The molecule has 0 aromatic heterocycles. The summed E-state index contributed by atoms with van der Waals surface area (Å²) in [6, 6.07) is 6.38. The molecule has 0 saturated carbocycles. The zero-order chi connectivity index (χ0) is 14.7. The number of halogens is 3. The number of nitro benzene ring substituents is 1. The number of rotatable bonds is 4. The predicted octanol–water partition coefficient (Wildman–Crippen LogP) is 3.62. The van der Waals surface area contributed by atoms with Gasteiger partial charge in [0.25, 0.3) is 0 Å². The van der Waals surface area contributed by atoms with Crippen LogP contribution in [0.1, 0.15) is 5.56 Å². The summed E-state index contributed by atoms with van der Waals surface area (Å²) in [6.45, 7) is 0.00334. The van der Waals surface area contributed by atoms with E-state index in [2.05, 4.69) is 5.32 Å². The van der Waals surface area contributed by atoms with Crippen LogP contribution in [0.15, 0.2) is 36.4 Å². The van der Waals surface area contributed by atoms with Gasteiger partial charge in [0.1, 0.15) is 11.6 Å². The number of nitrogens with zero attached hydrogens (tertiary/aromatic N) is 1. The van der Waals surface area contributed by atoms with Crippen LogP contribution in [0.2, 0.25) is 0 Å². The fraction of sp³-hybridized carbons (Fsp3) is 0.0769. The molecule has 0 unspecified atom stereocenters. The summed E-state index contributed by atoms with van der Waals surface area (Å²) in [5.41, 5.74) is -0.175. The van der Waals surface area contributed by atoms with E-state index in [0.29, 0.717) is 0 Å². The third kappa shape index (κ3) is 3.05. The molecular weight excluding hydrogens is 273 g/mol. The molecule has 0 aliphatic rings. The molecule has 2 aromatic rings. The third-order valence-corrected chi connectivity index (χ3v) is 2.64. The molecule has 0 aliphatic carbocycles. The molecule has 0 aliphatic heterocycles. The second-order valence-corrected chi connectivity index (χ2v) is 4.01. The monoisotopic (exact) mass is 282 g/mol. The first-order chi connectivity index (χ1) is 9.47. The van der Waals surface area contributed by atoms with Crippen molar-refractivity contribution in [1.82, 2.24) is 0 Å². The molecule has 0 bridgehead atoms. The van der Waals surface area contributed by atoms with Gasteiger partial charge in [-0.3, -0.25) is 10.1 Å². The summed E-state index contributed by atoms with van der Waals surface area (Å²) < 4.78 is 39.4. The van der Waals surface area contributed by atoms with Crippen LogP contribution in [0.3, 0.4) is 0 Å². The summed E-state index contributed by atoms with van der Waals surface area (Å²) in [5, 5.41) is 13.2. The maximum Gasteiger partial charge on any atom is 0.304 e. The molecule has 0 heterocycles. The molecule has 2 rings (SSSR count). The number of hydrogen-bond donors (Lipinski definition) is 1. The molecule has 0 atom stereocenters. The third-order valence-electron chi connectivity index (χ3n) is 2.64. The van der Waals surface area contributed by atoms with Crippen molar-refractivity contribution in [2.24, 2.45) is 0 Å². The quantitative estimate of drug-likeness (QED) is 0.688. The van der Waals surface area contributed by atoms with Gasteiger partial charge in [-0.1, -0.05) is 6.07 Å². The highest BCUT2D eigenvalue weighted by Crippen LogP contribution is 2.21. The van der Waals surface area contributed by atoms with Gasteiger partial charge in [-0.25, -0.2) is 8.78 Å². The van der Waals surface area contributed by atoms with Gasteiger partial charge in [-0.05, 0) is 12.1 Å². The van der Waals surface area contributed by atoms with Gasteiger partial charge in [0.05, 0.1) is 4.92 Å². The first-order valence-corrected chi connectivity index (χ1v) is 5.59. The Morgan fingerprint density at radius 2 is 1.80 bits per heavy atom. The van der Waals surface area contributed by atoms with Crippen LogP contribution in [0.25, 0.3) is 0 Å². The first-order valence-electron chi connectivity index (χ1n) is 5.59. The van der Waals surface area contributed by atoms with Gasteiger partial charge < -0.3 is 5.32 Å². The molecule has 20 heavy (non-hydrogen) atoms. The van der Waals surface area contributed by atoms with Crippen LogP contribution in [0.5, 0.6) is 0 Å². The van der Waals surface area contributed by atoms with Crippen molar-refractivity contribution in [3.63, 3.8) is 0 Å². The average molecular weight is 282 g/mol. The maximum atomic E-state index is 13.4. The molecule has 2 aromatic carbocycles. The largest absolute Gasteiger partial charge is 0.381 e. The van der Waals surface area contributed by atoms with Crippen molar-refractivity contribution in [1.29, 1.82) is 0 Å². The second-order valence-electron chi connectivity index (χ2n) is 4.01. The number of benzene rings is 2. The van der Waals surface area contributed by atoms with Gasteiger partial charge in [0.15, 0.2) is 0 Å². The molecular formula is C13H9F3N2O2. The Kier molecular flexibility index (Phi) is 3.88. The van der Waals surface area contributed by atoms with Crippen LogP contribution in [-0.4, -0.2) is 4.92 Å². The normalized spacial score (nSPS) is 10.3. The van der Waals surface area contributed by atoms with E-state index in [9.17, 15) is 23.3 Å². The van der Waals surface area contributed by atoms with Gasteiger partial charge in [0.2, 0.25) is 5.82 Å². The molecule has 104 valence electrons. The van der Waals surface area contributed by atoms with E-state index < -0.39 is 28.1 Å². The molecule has 0 fully saturated rings. The second kappa shape index (κ2) is 5.60. The minimum Gasteiger partial charge on any atom is -0.381 e. The van der Waals surface area contributed by atoms with E-state index in [1.165, 1.54) is 12.1 Å². The van der Waals surface area contributed by atoms with E-state index in [4.69, 9.17) is 0 Å². The molecule has 4 nitrogen and oxygen atoms in total. The van der Waals surface area contributed by atoms with E-state index >= 15 is 0 Å². The smallest absolute Gasteiger partial charge is 0.304 e. The van der Waals surface area contributed by atoms with Crippen LogP contribution >= 0.6 is 0 Å². The summed E-state index contributed by atoms with van der Waals surface area (Å²) in [6.07, 6.45) is 0. The predicted molar refractivity (Wildman–Crippen MR) is 66.7 cm³/mol. The minimum absolute atomic E-state index is 0.00334. The van der Waals surface area contributed by atoms with E-state index in [1.54, 1.807) is 0 Å². The lowest BCUT2D eigenvalue weighted by Gasteiger charge is -2.07. The zero-order valence-corrected chi connectivity index (χ0v) is 10.1. The number of nitrogens with one attached hydrogen (secondary N) is 1. The Bertz CT molecular complexity index is 662. The number of nitro groups is 1. The molecule has 0 amide bonds. The highest BCUT2D eigenvalue weighted by atomic mass is 19.1. The van der Waals surface area contributed by atoms with Crippen LogP contribution in [0.4, 0.5) is 24.5 Å². The van der Waals surface area contributed by atoms with Crippen molar-refractivity contribution in [3.05, 3.63) is 69.5 Å². The van der Waals surface area contributed by atoms with Crippen molar-refractivity contribution >= 4 is 11.4 Å². The van der Waals surface area contributed by atoms with Gasteiger partial charge in [-0.15, -0.1) is 0 Å². The molecule has 1 N–H and O–H groups in total. The first kappa shape index (κ1) is 13.9. The number of hydrogen-bond acceptors (Lipinski definition) is 3. The lowest BCUT2D eigenvalue weighted by atomic mass is 10.2. The molecule has 7 heteroatoms. The fourth-order valence-corrected chi connectivity index (χ4v) is 1.63. The van der Waals surface area contributed by atoms with Crippen molar-refractivity contribution in [2.45, 2.75) is 6.54 Å². The average Bonchev–Trinajstić information content (AvgIpc) is 2.37. The lowest BCUT2D eigenvalue weighted by molar-refractivity contribution is -0.387. The van der Waals surface area contributed by atoms with E-state index in [1.807, 2.05) is 0 Å². The van der Waals surface area contributed by atoms with Crippen molar-refractivity contribution in [2.75, 3.05) is 5.32 Å². The summed E-state index contributed by atoms with van der Waals surface area (Å²) in [4.78, 5) is 9.61. The van der Waals surface area contributed by atoms with Crippen molar-refractivity contribution in [3.8, 4) is 0 Å². The summed E-state index contributed by atoms with van der Waals surface area (Å²) in [5.74, 6) is -2.40. The van der Waals surface area contributed by atoms with Crippen LogP contribution in [-0.2, 0) is 6.54 Å². The standard InChI is InChI=1S/C13H9F3N2O2/c14-9-2-1-8(11(15)5-9)7-17-10-3-4-13(18(19)20)12(16)6-10/h1-6,17H,7H2. The Balaban J connectivity index is 2.11. The summed E-state index contributed by atoms with van der Waals surface area (Å²) >= 11 is 0. The van der Waals surface area contributed by atoms with E-state index in [0.717, 1.165) is 24.3 Å². The van der Waals surface area contributed by atoms with E-state index in [-0.39, 0.29) is 17.8 Å². The summed E-state index contributed by atoms with van der Waals surface area (Å²) in [7, 11) is 0. The highest BCUT2D eigenvalue weighted by Gasteiger charge is 2.13. The Labute approximate surface area is 112 Å².